The SMILES string of the molecule is CCCCN(CCCC)CCC(=O)O.[Ca+2].[H-].[H-]. The molecule has 15 heavy (non-hydrogen) atoms. The predicted molar refractivity (Wildman–Crippen MR) is 66.5 cm³/mol. The van der Waals surface area contributed by atoms with Gasteiger partial charge in [-0.05, 0) is 25.9 Å². The van der Waals surface area contributed by atoms with Gasteiger partial charge in [0.1, 0.15) is 0 Å². The van der Waals surface area contributed by atoms with E-state index in [-0.39, 0.29) is 47.0 Å². The smallest absolute Gasteiger partial charge is 1.00 e. The molecule has 0 fully saturated rings. The Balaban J connectivity index is -0.000000282. The van der Waals surface area contributed by atoms with Gasteiger partial charge in [-0.1, -0.05) is 26.7 Å². The summed E-state index contributed by atoms with van der Waals surface area (Å²) < 4.78 is 0. The molecule has 0 radical (unpaired) electrons. The fourth-order valence-corrected chi connectivity index (χ4v) is 1.35. The molecule has 0 aliphatic carbocycles. The molecule has 0 bridgehead atoms. The van der Waals surface area contributed by atoms with E-state index in [0.29, 0.717) is 6.54 Å². The van der Waals surface area contributed by atoms with Crippen LogP contribution in [0.2, 0.25) is 0 Å². The van der Waals surface area contributed by atoms with Crippen molar-refractivity contribution in [3.63, 3.8) is 0 Å². The molecule has 4 heteroatoms. The number of carboxylic acid groups (broad SMARTS) is 1. The topological polar surface area (TPSA) is 40.5 Å². The number of carboxylic acids is 1. The van der Waals surface area contributed by atoms with Crippen molar-refractivity contribution in [2.45, 2.75) is 46.0 Å². The zero-order valence-electron chi connectivity index (χ0n) is 12.2. The second kappa shape index (κ2) is 12.8. The molecule has 0 aliphatic rings. The summed E-state index contributed by atoms with van der Waals surface area (Å²) in [5.74, 6) is -0.692. The maximum atomic E-state index is 10.4. The third kappa shape index (κ3) is 12.6. The Morgan fingerprint density at radius 3 is 1.93 bits per heavy atom. The largest absolute Gasteiger partial charge is 2.00 e. The van der Waals surface area contributed by atoms with E-state index < -0.39 is 5.97 Å². The third-order valence-electron chi connectivity index (χ3n) is 2.30. The summed E-state index contributed by atoms with van der Waals surface area (Å²) in [7, 11) is 0. The van der Waals surface area contributed by atoms with Gasteiger partial charge in [0.2, 0.25) is 0 Å². The van der Waals surface area contributed by atoms with Gasteiger partial charge in [-0.2, -0.15) is 0 Å². The summed E-state index contributed by atoms with van der Waals surface area (Å²) in [6.45, 7) is 7.12. The van der Waals surface area contributed by atoms with Crippen LogP contribution in [0.3, 0.4) is 0 Å². The molecule has 0 heterocycles. The third-order valence-corrected chi connectivity index (χ3v) is 2.30. The zero-order valence-corrected chi connectivity index (χ0v) is 12.4. The van der Waals surface area contributed by atoms with Crippen molar-refractivity contribution in [2.24, 2.45) is 0 Å². The number of carbonyl (C=O) groups is 1. The summed E-state index contributed by atoms with van der Waals surface area (Å²) in [5.41, 5.74) is 0. The van der Waals surface area contributed by atoms with Gasteiger partial charge in [-0.15, -0.1) is 0 Å². The number of rotatable bonds is 9. The van der Waals surface area contributed by atoms with Gasteiger partial charge in [-0.3, -0.25) is 4.79 Å². The zero-order chi connectivity index (χ0) is 10.8. The first-order valence-electron chi connectivity index (χ1n) is 5.64. The van der Waals surface area contributed by atoms with E-state index in [9.17, 15) is 4.79 Å². The summed E-state index contributed by atoms with van der Waals surface area (Å²) >= 11 is 0. The monoisotopic (exact) mass is 243 g/mol. The molecule has 0 aliphatic heterocycles. The first kappa shape index (κ1) is 18.1. The van der Waals surface area contributed by atoms with Crippen LogP contribution in [0, 0.1) is 0 Å². The molecule has 0 unspecified atom stereocenters. The van der Waals surface area contributed by atoms with Crippen LogP contribution in [0.4, 0.5) is 0 Å². The van der Waals surface area contributed by atoms with Crippen molar-refractivity contribution in [3.05, 3.63) is 0 Å². The summed E-state index contributed by atoms with van der Waals surface area (Å²) in [6, 6.07) is 0. The summed E-state index contributed by atoms with van der Waals surface area (Å²) in [5, 5.41) is 8.59. The van der Waals surface area contributed by atoms with Gasteiger partial charge in [-0.25, -0.2) is 0 Å². The molecule has 0 rings (SSSR count). The molecule has 0 spiro atoms. The number of unbranched alkanes of at least 4 members (excludes halogenated alkanes) is 2. The molecule has 0 aromatic rings. The van der Waals surface area contributed by atoms with Gasteiger partial charge in [0.15, 0.2) is 0 Å². The number of hydrogen-bond acceptors (Lipinski definition) is 2. The Bertz CT molecular complexity index is 154. The number of aliphatic carboxylic acids is 1. The summed E-state index contributed by atoms with van der Waals surface area (Å²) in [6.07, 6.45) is 4.96. The quantitative estimate of drug-likeness (QED) is 0.631. The van der Waals surface area contributed by atoms with Gasteiger partial charge in [0, 0.05) is 6.54 Å². The Morgan fingerprint density at radius 1 is 1.13 bits per heavy atom. The molecular weight excluding hydrogens is 218 g/mol. The van der Waals surface area contributed by atoms with Crippen molar-refractivity contribution < 1.29 is 12.8 Å². The van der Waals surface area contributed by atoms with Crippen LogP contribution >= 0.6 is 0 Å². The molecule has 1 N–H and O–H groups in total. The van der Waals surface area contributed by atoms with E-state index in [1.807, 2.05) is 0 Å². The van der Waals surface area contributed by atoms with Crippen LogP contribution in [0.1, 0.15) is 48.8 Å². The Kier molecular flexibility index (Phi) is 15.4. The molecular formula is C11H25CaNO2. The van der Waals surface area contributed by atoms with Crippen molar-refractivity contribution in [2.75, 3.05) is 19.6 Å². The number of hydrogen-bond donors (Lipinski definition) is 1. The molecule has 0 saturated heterocycles. The van der Waals surface area contributed by atoms with Crippen LogP contribution in [0.15, 0.2) is 0 Å². The van der Waals surface area contributed by atoms with Crippen molar-refractivity contribution >= 4 is 43.7 Å². The predicted octanol–water partition coefficient (Wildman–Crippen LogP) is 2.21. The van der Waals surface area contributed by atoms with Crippen LogP contribution < -0.4 is 0 Å². The molecule has 0 saturated carbocycles. The van der Waals surface area contributed by atoms with E-state index >= 15 is 0 Å². The maximum absolute atomic E-state index is 10.4. The molecule has 0 amide bonds. The van der Waals surface area contributed by atoms with Gasteiger partial charge >= 0.3 is 43.7 Å². The van der Waals surface area contributed by atoms with Crippen molar-refractivity contribution in [1.82, 2.24) is 4.90 Å². The van der Waals surface area contributed by atoms with Crippen LogP contribution in [0.5, 0.6) is 0 Å². The normalized spacial score (nSPS) is 10.1. The molecule has 0 aromatic carbocycles. The van der Waals surface area contributed by atoms with E-state index in [4.69, 9.17) is 5.11 Å². The Hall–Kier alpha value is 0.690. The molecule has 3 nitrogen and oxygen atoms in total. The van der Waals surface area contributed by atoms with Gasteiger partial charge in [0.05, 0.1) is 6.42 Å². The Morgan fingerprint density at radius 2 is 1.60 bits per heavy atom. The Labute approximate surface area is 126 Å². The van der Waals surface area contributed by atoms with E-state index in [0.717, 1.165) is 13.1 Å². The van der Waals surface area contributed by atoms with Crippen molar-refractivity contribution in [3.8, 4) is 0 Å². The standard InChI is InChI=1S/C11H23NO2.Ca.2H/c1-3-5-8-12(9-6-4-2)10-7-11(13)14;;;/h3-10H2,1-2H3,(H,13,14);;;/q;+2;2*-1. The van der Waals surface area contributed by atoms with E-state index in [1.165, 1.54) is 25.7 Å². The minimum atomic E-state index is -0.692. The fourth-order valence-electron chi connectivity index (χ4n) is 1.35. The average molecular weight is 243 g/mol. The van der Waals surface area contributed by atoms with E-state index in [2.05, 4.69) is 18.7 Å². The fraction of sp³-hybridized carbons (Fsp3) is 0.909. The second-order valence-electron chi connectivity index (χ2n) is 3.69. The number of nitrogens with zero attached hydrogens (tertiary/aromatic N) is 1. The van der Waals surface area contributed by atoms with Crippen LogP contribution in [0.25, 0.3) is 0 Å². The van der Waals surface area contributed by atoms with Crippen molar-refractivity contribution in [1.29, 1.82) is 0 Å². The van der Waals surface area contributed by atoms with Crippen LogP contribution in [-0.4, -0.2) is 73.3 Å². The van der Waals surface area contributed by atoms with Crippen LogP contribution in [-0.2, 0) is 4.79 Å². The first-order valence-corrected chi connectivity index (χ1v) is 5.64. The maximum Gasteiger partial charge on any atom is 2.00 e. The average Bonchev–Trinajstić information content (AvgIpc) is 2.16. The minimum Gasteiger partial charge on any atom is -1.00 e. The molecule has 0 aromatic heterocycles. The second-order valence-corrected chi connectivity index (χ2v) is 3.69. The van der Waals surface area contributed by atoms with Gasteiger partial charge < -0.3 is 12.9 Å². The van der Waals surface area contributed by atoms with E-state index in [1.54, 1.807) is 0 Å². The minimum absolute atomic E-state index is 0. The summed E-state index contributed by atoms with van der Waals surface area (Å²) in [4.78, 5) is 12.7. The first-order chi connectivity index (χ1) is 6.70. The molecule has 0 atom stereocenters. The molecule has 88 valence electrons. The van der Waals surface area contributed by atoms with Gasteiger partial charge in [0.25, 0.3) is 0 Å².